The summed E-state index contributed by atoms with van der Waals surface area (Å²) in [6.45, 7) is 2.35. The molecule has 0 aromatic heterocycles. The molecule has 0 radical (unpaired) electrons. The van der Waals surface area contributed by atoms with Crippen molar-refractivity contribution in [3.63, 3.8) is 0 Å². The number of hydrogen-bond acceptors (Lipinski definition) is 5. The van der Waals surface area contributed by atoms with Gasteiger partial charge in [-0.1, -0.05) is 0 Å². The summed E-state index contributed by atoms with van der Waals surface area (Å²) >= 11 is 0. The summed E-state index contributed by atoms with van der Waals surface area (Å²) in [6.07, 6.45) is 4.20. The standard InChI is InChI=1S/C19H24N2O5/c1-12-8-14-6-5-13(9-15(14)11-17(12)21(24)25)10-18(22)20-7-3-4-16(20)19(23)26-2/h8,11,13,16H,3-7,9-10H2,1-2H3/t13?,16-/m0/s1. The molecule has 7 heteroatoms. The highest BCUT2D eigenvalue weighted by molar-refractivity contribution is 5.85. The summed E-state index contributed by atoms with van der Waals surface area (Å²) in [4.78, 5) is 37.0. The Labute approximate surface area is 152 Å². The van der Waals surface area contributed by atoms with Gasteiger partial charge in [-0.05, 0) is 62.1 Å². The van der Waals surface area contributed by atoms with Crippen LogP contribution in [0.1, 0.15) is 42.4 Å². The number of nitro groups is 1. The first-order chi connectivity index (χ1) is 12.4. The fourth-order valence-electron chi connectivity index (χ4n) is 4.18. The molecule has 1 aromatic carbocycles. The molecule has 0 N–H and O–H groups in total. The van der Waals surface area contributed by atoms with E-state index in [1.165, 1.54) is 7.11 Å². The number of aryl methyl sites for hydroxylation is 2. The lowest BCUT2D eigenvalue weighted by Crippen LogP contribution is -2.42. The van der Waals surface area contributed by atoms with Gasteiger partial charge in [-0.25, -0.2) is 4.79 Å². The number of esters is 1. The summed E-state index contributed by atoms with van der Waals surface area (Å²) in [6, 6.07) is 3.10. The van der Waals surface area contributed by atoms with Gasteiger partial charge in [0.1, 0.15) is 6.04 Å². The second kappa shape index (κ2) is 7.43. The number of nitro benzene ring substituents is 1. The summed E-state index contributed by atoms with van der Waals surface area (Å²) in [7, 11) is 1.34. The van der Waals surface area contributed by atoms with E-state index in [1.807, 2.05) is 6.07 Å². The molecule has 140 valence electrons. The van der Waals surface area contributed by atoms with Crippen LogP contribution in [0.3, 0.4) is 0 Å². The third kappa shape index (κ3) is 3.57. The first-order valence-electron chi connectivity index (χ1n) is 9.04. The van der Waals surface area contributed by atoms with E-state index in [0.717, 1.165) is 30.4 Å². The van der Waals surface area contributed by atoms with Crippen LogP contribution in [0.4, 0.5) is 5.69 Å². The zero-order valence-corrected chi connectivity index (χ0v) is 15.2. The van der Waals surface area contributed by atoms with Crippen LogP contribution in [0, 0.1) is 23.0 Å². The van der Waals surface area contributed by atoms with Gasteiger partial charge in [0.05, 0.1) is 12.0 Å². The van der Waals surface area contributed by atoms with Crippen molar-refractivity contribution in [1.29, 1.82) is 0 Å². The fraction of sp³-hybridized carbons (Fsp3) is 0.579. The number of methoxy groups -OCH3 is 1. The van der Waals surface area contributed by atoms with Gasteiger partial charge in [0.25, 0.3) is 5.69 Å². The second-order valence-electron chi connectivity index (χ2n) is 7.25. The number of amides is 1. The van der Waals surface area contributed by atoms with Crippen LogP contribution in [0.25, 0.3) is 0 Å². The molecule has 0 bridgehead atoms. The Morgan fingerprint density at radius 3 is 2.77 bits per heavy atom. The van der Waals surface area contributed by atoms with Crippen molar-refractivity contribution >= 4 is 17.6 Å². The highest BCUT2D eigenvalue weighted by Crippen LogP contribution is 2.33. The van der Waals surface area contributed by atoms with Crippen molar-refractivity contribution in [2.24, 2.45) is 5.92 Å². The highest BCUT2D eigenvalue weighted by atomic mass is 16.6. The van der Waals surface area contributed by atoms with Crippen molar-refractivity contribution in [3.05, 3.63) is 38.9 Å². The van der Waals surface area contributed by atoms with Gasteiger partial charge in [0, 0.05) is 24.6 Å². The van der Waals surface area contributed by atoms with Gasteiger partial charge in [0.15, 0.2) is 0 Å². The van der Waals surface area contributed by atoms with Gasteiger partial charge in [-0.2, -0.15) is 0 Å². The molecule has 1 amide bonds. The summed E-state index contributed by atoms with van der Waals surface area (Å²) in [5, 5.41) is 11.2. The average molecular weight is 360 g/mol. The van der Waals surface area contributed by atoms with E-state index < -0.39 is 6.04 Å². The van der Waals surface area contributed by atoms with Crippen LogP contribution < -0.4 is 0 Å². The molecule has 1 aliphatic heterocycles. The number of likely N-dealkylation sites (tertiary alicyclic amines) is 1. The van der Waals surface area contributed by atoms with Gasteiger partial charge >= 0.3 is 5.97 Å². The molecule has 0 saturated carbocycles. The maximum Gasteiger partial charge on any atom is 0.328 e. The molecule has 0 spiro atoms. The quantitative estimate of drug-likeness (QED) is 0.468. The molecule has 1 heterocycles. The average Bonchev–Trinajstić information content (AvgIpc) is 3.10. The molecule has 1 saturated heterocycles. The first-order valence-corrected chi connectivity index (χ1v) is 9.04. The van der Waals surface area contributed by atoms with Crippen molar-refractivity contribution in [1.82, 2.24) is 4.90 Å². The summed E-state index contributed by atoms with van der Waals surface area (Å²) < 4.78 is 4.80. The molecule has 1 aromatic rings. The minimum atomic E-state index is -0.466. The Hall–Kier alpha value is -2.44. The third-order valence-corrected chi connectivity index (χ3v) is 5.56. The van der Waals surface area contributed by atoms with Crippen molar-refractivity contribution < 1.29 is 19.2 Å². The van der Waals surface area contributed by atoms with E-state index in [4.69, 9.17) is 4.74 Å². The topological polar surface area (TPSA) is 89.8 Å². The number of hydrogen-bond donors (Lipinski definition) is 0. The van der Waals surface area contributed by atoms with Crippen LogP contribution in [0.2, 0.25) is 0 Å². The lowest BCUT2D eigenvalue weighted by Gasteiger charge is -2.28. The molecular formula is C19H24N2O5. The monoisotopic (exact) mass is 360 g/mol. The zero-order chi connectivity index (χ0) is 18.8. The van der Waals surface area contributed by atoms with Gasteiger partial charge in [-0.3, -0.25) is 14.9 Å². The second-order valence-corrected chi connectivity index (χ2v) is 7.25. The molecule has 1 unspecified atom stereocenters. The van der Waals surface area contributed by atoms with E-state index in [0.29, 0.717) is 31.4 Å². The highest BCUT2D eigenvalue weighted by Gasteiger charge is 2.36. The van der Waals surface area contributed by atoms with E-state index in [-0.39, 0.29) is 28.4 Å². The third-order valence-electron chi connectivity index (χ3n) is 5.56. The number of nitrogens with zero attached hydrogens (tertiary/aromatic N) is 2. The molecule has 26 heavy (non-hydrogen) atoms. The molecule has 2 atom stereocenters. The van der Waals surface area contributed by atoms with Gasteiger partial charge in [0.2, 0.25) is 5.91 Å². The summed E-state index contributed by atoms with van der Waals surface area (Å²) in [5.41, 5.74) is 2.94. The maximum atomic E-state index is 12.7. The van der Waals surface area contributed by atoms with Crippen molar-refractivity contribution in [3.8, 4) is 0 Å². The summed E-state index contributed by atoms with van der Waals surface area (Å²) in [5.74, 6) is -0.222. The SMILES string of the molecule is COC(=O)[C@@H]1CCCN1C(=O)CC1CCc2cc(C)c([N+](=O)[O-])cc2C1. The zero-order valence-electron chi connectivity index (χ0n) is 15.2. The van der Waals surface area contributed by atoms with E-state index in [9.17, 15) is 19.7 Å². The van der Waals surface area contributed by atoms with Crippen LogP contribution in [0.5, 0.6) is 0 Å². The largest absolute Gasteiger partial charge is 0.467 e. The predicted octanol–water partition coefficient (Wildman–Crippen LogP) is 2.56. The number of fused-ring (bicyclic) bond motifs is 1. The van der Waals surface area contributed by atoms with E-state index in [2.05, 4.69) is 0 Å². The lowest BCUT2D eigenvalue weighted by atomic mass is 9.81. The van der Waals surface area contributed by atoms with Crippen LogP contribution >= 0.6 is 0 Å². The Morgan fingerprint density at radius 1 is 1.31 bits per heavy atom. The van der Waals surface area contributed by atoms with Crippen molar-refractivity contribution in [2.45, 2.75) is 51.5 Å². The van der Waals surface area contributed by atoms with E-state index in [1.54, 1.807) is 17.9 Å². The molecule has 1 aliphatic carbocycles. The number of carbonyl (C=O) groups excluding carboxylic acids is 2. The van der Waals surface area contributed by atoms with Gasteiger partial charge < -0.3 is 9.64 Å². The molecule has 3 rings (SSSR count). The predicted molar refractivity (Wildman–Crippen MR) is 94.7 cm³/mol. The lowest BCUT2D eigenvalue weighted by molar-refractivity contribution is -0.385. The fourth-order valence-corrected chi connectivity index (χ4v) is 4.18. The molecule has 7 nitrogen and oxygen atoms in total. The van der Waals surface area contributed by atoms with E-state index >= 15 is 0 Å². The van der Waals surface area contributed by atoms with Crippen LogP contribution in [0.15, 0.2) is 12.1 Å². The Kier molecular flexibility index (Phi) is 5.25. The van der Waals surface area contributed by atoms with Crippen LogP contribution in [-0.2, 0) is 27.2 Å². The minimum Gasteiger partial charge on any atom is -0.467 e. The number of ether oxygens (including phenoxy) is 1. The van der Waals surface area contributed by atoms with Gasteiger partial charge in [-0.15, -0.1) is 0 Å². The number of carbonyl (C=O) groups is 2. The number of benzene rings is 1. The Morgan fingerprint density at radius 2 is 2.08 bits per heavy atom. The Balaban J connectivity index is 1.69. The molecular weight excluding hydrogens is 336 g/mol. The number of rotatable bonds is 4. The maximum absolute atomic E-state index is 12.7. The molecule has 2 aliphatic rings. The van der Waals surface area contributed by atoms with Crippen LogP contribution in [-0.4, -0.2) is 41.4 Å². The Bertz CT molecular complexity index is 746. The minimum absolute atomic E-state index is 0.0204. The van der Waals surface area contributed by atoms with Crippen molar-refractivity contribution in [2.75, 3.05) is 13.7 Å². The first kappa shape index (κ1) is 18.4. The normalized spacial score (nSPS) is 22.0. The smallest absolute Gasteiger partial charge is 0.328 e. The molecule has 1 fully saturated rings.